The van der Waals surface area contributed by atoms with Crippen LogP contribution < -0.4 is 10.6 Å². The number of nitrogens with one attached hydrogen (secondary N) is 1. The maximum absolute atomic E-state index is 5.64. The van der Waals surface area contributed by atoms with E-state index in [4.69, 9.17) is 10.5 Å². The summed E-state index contributed by atoms with van der Waals surface area (Å²) in [5, 5.41) is 0. The third-order valence-electron chi connectivity index (χ3n) is 2.10. The summed E-state index contributed by atoms with van der Waals surface area (Å²) in [6.07, 6.45) is 0. The number of nitrogens with zero attached hydrogens (tertiary/aromatic N) is 1. The summed E-state index contributed by atoms with van der Waals surface area (Å²) in [5.74, 6) is 1.74. The van der Waals surface area contributed by atoms with Crippen molar-refractivity contribution in [1.82, 2.24) is 4.98 Å². The van der Waals surface area contributed by atoms with Crippen LogP contribution in [0, 0.1) is 0 Å². The number of aromatic amines is 1. The van der Waals surface area contributed by atoms with Gasteiger partial charge in [0.05, 0.1) is 17.7 Å². The third-order valence-corrected chi connectivity index (χ3v) is 2.70. The van der Waals surface area contributed by atoms with Gasteiger partial charge in [-0.2, -0.15) is 0 Å². The Kier molecular flexibility index (Phi) is 2.46. The first-order valence-electron chi connectivity index (χ1n) is 4.24. The number of morpholine rings is 1. The summed E-state index contributed by atoms with van der Waals surface area (Å²) in [5.41, 5.74) is 5.64. The van der Waals surface area contributed by atoms with Crippen LogP contribution >= 0.6 is 15.9 Å². The highest BCUT2D eigenvalue weighted by atomic mass is 79.9. The first-order valence-corrected chi connectivity index (χ1v) is 5.03. The molecule has 13 heavy (non-hydrogen) atoms. The Balaban J connectivity index is 2.18. The molecule has 3 N–H and O–H groups in total. The number of rotatable bonds is 1. The lowest BCUT2D eigenvalue weighted by molar-refractivity contribution is 0.122. The van der Waals surface area contributed by atoms with Crippen LogP contribution in [-0.2, 0) is 4.74 Å². The summed E-state index contributed by atoms with van der Waals surface area (Å²) in [6.45, 7) is 3.40. The van der Waals surface area contributed by atoms with E-state index in [1.54, 1.807) is 0 Å². The summed E-state index contributed by atoms with van der Waals surface area (Å²) < 4.78 is 6.29. The molecule has 0 radical (unpaired) electrons. The van der Waals surface area contributed by atoms with E-state index in [2.05, 4.69) is 25.8 Å². The van der Waals surface area contributed by atoms with Crippen LogP contribution in [0.1, 0.15) is 0 Å². The molecule has 0 unspecified atom stereocenters. The first kappa shape index (κ1) is 8.90. The average molecular weight is 246 g/mol. The minimum atomic E-state index is 0.688. The summed E-state index contributed by atoms with van der Waals surface area (Å²) in [7, 11) is 0. The lowest BCUT2D eigenvalue weighted by Crippen LogP contribution is -2.36. The predicted molar refractivity (Wildman–Crippen MR) is 55.9 cm³/mol. The normalized spacial score (nSPS) is 17.8. The number of ether oxygens (including phenoxy) is 1. The van der Waals surface area contributed by atoms with Crippen molar-refractivity contribution in [2.24, 2.45) is 0 Å². The lowest BCUT2D eigenvalue weighted by Gasteiger charge is -2.27. The molecule has 0 atom stereocenters. The van der Waals surface area contributed by atoms with Gasteiger partial charge in [-0.1, -0.05) is 0 Å². The molecular weight excluding hydrogens is 234 g/mol. The second-order valence-electron chi connectivity index (χ2n) is 3.02. The number of nitrogens with two attached hydrogens (primary N) is 1. The monoisotopic (exact) mass is 245 g/mol. The van der Waals surface area contributed by atoms with Crippen LogP contribution in [0.25, 0.3) is 0 Å². The van der Waals surface area contributed by atoms with Crippen molar-refractivity contribution >= 4 is 27.6 Å². The van der Waals surface area contributed by atoms with E-state index in [1.807, 2.05) is 6.07 Å². The molecule has 0 aliphatic carbocycles. The maximum Gasteiger partial charge on any atom is 0.122 e. The van der Waals surface area contributed by atoms with Gasteiger partial charge in [-0.15, -0.1) is 0 Å². The Bertz CT molecular complexity index is 294. The minimum absolute atomic E-state index is 0.688. The smallest absolute Gasteiger partial charge is 0.122 e. The SMILES string of the molecule is Nc1cc(Br)c(N2CCOCC2)[nH]1. The molecule has 2 rings (SSSR count). The van der Waals surface area contributed by atoms with Gasteiger partial charge in [-0.05, 0) is 22.0 Å². The van der Waals surface area contributed by atoms with Gasteiger partial charge in [0.1, 0.15) is 11.6 Å². The predicted octanol–water partition coefficient (Wildman–Crippen LogP) is 1.20. The first-order chi connectivity index (χ1) is 6.27. The number of anilines is 2. The van der Waals surface area contributed by atoms with Gasteiger partial charge in [-0.25, -0.2) is 0 Å². The number of hydrogen-bond donors (Lipinski definition) is 2. The maximum atomic E-state index is 5.64. The summed E-state index contributed by atoms with van der Waals surface area (Å²) >= 11 is 3.46. The molecule has 2 heterocycles. The molecule has 0 amide bonds. The summed E-state index contributed by atoms with van der Waals surface area (Å²) in [4.78, 5) is 5.34. The molecule has 1 aliphatic heterocycles. The van der Waals surface area contributed by atoms with E-state index in [1.165, 1.54) is 0 Å². The zero-order valence-corrected chi connectivity index (χ0v) is 8.80. The fraction of sp³-hybridized carbons (Fsp3) is 0.500. The number of H-pyrrole nitrogens is 1. The molecular formula is C8H12BrN3O. The summed E-state index contributed by atoms with van der Waals surface area (Å²) in [6, 6.07) is 1.88. The fourth-order valence-electron chi connectivity index (χ4n) is 1.45. The molecule has 1 aliphatic rings. The molecule has 1 saturated heterocycles. The van der Waals surface area contributed by atoms with E-state index in [0.717, 1.165) is 36.6 Å². The van der Waals surface area contributed by atoms with Crippen LogP contribution in [-0.4, -0.2) is 31.3 Å². The van der Waals surface area contributed by atoms with E-state index < -0.39 is 0 Å². The van der Waals surface area contributed by atoms with Crippen molar-refractivity contribution in [2.75, 3.05) is 36.9 Å². The van der Waals surface area contributed by atoms with Gasteiger partial charge in [0.2, 0.25) is 0 Å². The standard InChI is InChI=1S/C8H12BrN3O/c9-6-5-7(10)11-8(6)12-1-3-13-4-2-12/h5,11H,1-4,10H2. The topological polar surface area (TPSA) is 54.3 Å². The van der Waals surface area contributed by atoms with Crippen LogP contribution in [0.2, 0.25) is 0 Å². The van der Waals surface area contributed by atoms with Gasteiger partial charge >= 0.3 is 0 Å². The van der Waals surface area contributed by atoms with Gasteiger partial charge in [0.25, 0.3) is 0 Å². The van der Waals surface area contributed by atoms with Gasteiger partial charge < -0.3 is 20.4 Å². The fourth-order valence-corrected chi connectivity index (χ4v) is 2.05. The van der Waals surface area contributed by atoms with E-state index in [0.29, 0.717) is 5.82 Å². The van der Waals surface area contributed by atoms with Crippen molar-refractivity contribution in [1.29, 1.82) is 0 Å². The Morgan fingerprint density at radius 1 is 1.46 bits per heavy atom. The molecule has 72 valence electrons. The van der Waals surface area contributed by atoms with Crippen molar-refractivity contribution in [3.05, 3.63) is 10.5 Å². The largest absolute Gasteiger partial charge is 0.385 e. The molecule has 4 nitrogen and oxygen atoms in total. The van der Waals surface area contributed by atoms with Crippen LogP contribution in [0.15, 0.2) is 10.5 Å². The zero-order chi connectivity index (χ0) is 9.26. The molecule has 1 aromatic rings. The number of aromatic nitrogens is 1. The van der Waals surface area contributed by atoms with Gasteiger partial charge in [0, 0.05) is 13.1 Å². The Hall–Kier alpha value is -0.680. The molecule has 0 spiro atoms. The van der Waals surface area contributed by atoms with Crippen molar-refractivity contribution < 1.29 is 4.74 Å². The molecule has 0 saturated carbocycles. The lowest BCUT2D eigenvalue weighted by atomic mass is 10.4. The van der Waals surface area contributed by atoms with Crippen LogP contribution in [0.4, 0.5) is 11.6 Å². The molecule has 0 bridgehead atoms. The number of halogens is 1. The number of nitrogen functional groups attached to an aromatic ring is 1. The molecule has 1 aromatic heterocycles. The average Bonchev–Trinajstić information content (AvgIpc) is 2.47. The van der Waals surface area contributed by atoms with Crippen molar-refractivity contribution in [3.8, 4) is 0 Å². The van der Waals surface area contributed by atoms with E-state index in [9.17, 15) is 0 Å². The molecule has 1 fully saturated rings. The minimum Gasteiger partial charge on any atom is -0.385 e. The highest BCUT2D eigenvalue weighted by molar-refractivity contribution is 9.10. The van der Waals surface area contributed by atoms with Crippen molar-refractivity contribution in [3.63, 3.8) is 0 Å². The highest BCUT2D eigenvalue weighted by Crippen LogP contribution is 2.27. The Labute approximate surface area is 85.2 Å². The molecule has 0 aromatic carbocycles. The number of hydrogen-bond acceptors (Lipinski definition) is 3. The van der Waals surface area contributed by atoms with E-state index in [-0.39, 0.29) is 0 Å². The van der Waals surface area contributed by atoms with E-state index >= 15 is 0 Å². The Morgan fingerprint density at radius 2 is 2.15 bits per heavy atom. The highest BCUT2D eigenvalue weighted by Gasteiger charge is 2.15. The van der Waals surface area contributed by atoms with Crippen molar-refractivity contribution in [2.45, 2.75) is 0 Å². The van der Waals surface area contributed by atoms with Gasteiger partial charge in [-0.3, -0.25) is 0 Å². The van der Waals surface area contributed by atoms with Gasteiger partial charge in [0.15, 0.2) is 0 Å². The van der Waals surface area contributed by atoms with Crippen LogP contribution in [0.3, 0.4) is 0 Å². The Morgan fingerprint density at radius 3 is 2.69 bits per heavy atom. The third kappa shape index (κ3) is 1.81. The second kappa shape index (κ2) is 3.59. The zero-order valence-electron chi connectivity index (χ0n) is 7.22. The quantitative estimate of drug-likeness (QED) is 0.782. The second-order valence-corrected chi connectivity index (χ2v) is 3.87. The van der Waals surface area contributed by atoms with Crippen LogP contribution in [0.5, 0.6) is 0 Å². The molecule has 5 heteroatoms.